The van der Waals surface area contributed by atoms with Gasteiger partial charge < -0.3 is 10.1 Å². The van der Waals surface area contributed by atoms with E-state index in [4.69, 9.17) is 4.74 Å². The molecule has 1 fully saturated rings. The van der Waals surface area contributed by atoms with E-state index in [1.54, 1.807) is 0 Å². The Kier molecular flexibility index (Phi) is 6.22. The van der Waals surface area contributed by atoms with Gasteiger partial charge in [0.2, 0.25) is 5.91 Å². The van der Waals surface area contributed by atoms with Gasteiger partial charge in [-0.25, -0.2) is 8.42 Å². The van der Waals surface area contributed by atoms with Crippen molar-refractivity contribution in [2.75, 3.05) is 12.4 Å². The summed E-state index contributed by atoms with van der Waals surface area (Å²) >= 11 is 0. The predicted molar refractivity (Wildman–Crippen MR) is 86.4 cm³/mol. The molecule has 5 nitrogen and oxygen atoms in total. The average Bonchev–Trinajstić information content (AvgIpc) is 2.60. The largest absolute Gasteiger partial charge is 0.501 e. The van der Waals surface area contributed by atoms with Crippen LogP contribution in [0.4, 0.5) is 32.0 Å². The van der Waals surface area contributed by atoms with Crippen LogP contribution in [-0.4, -0.2) is 33.1 Å². The molecule has 12 heteroatoms. The summed E-state index contributed by atoms with van der Waals surface area (Å²) in [7, 11) is -4.53. The van der Waals surface area contributed by atoms with E-state index in [-0.39, 0.29) is 30.7 Å². The number of hydrogen-bond donors (Lipinski definition) is 1. The standard InChI is InChI=1S/C16H17F6NO4S/c1-27-13-6-5-11(28(25,26)16(20,21)22)8-12(13)23-14(24)9-3-2-4-10(7-9)15(17,18)19/h5-6,8-10H,2-4,7H2,1H3,(H,23,24). The van der Waals surface area contributed by atoms with Crippen LogP contribution in [0.25, 0.3) is 0 Å². The second kappa shape index (κ2) is 7.80. The highest BCUT2D eigenvalue weighted by molar-refractivity contribution is 7.92. The molecule has 1 aromatic carbocycles. The molecule has 2 unspecified atom stereocenters. The van der Waals surface area contributed by atoms with Gasteiger partial charge in [0, 0.05) is 5.92 Å². The molecule has 1 N–H and O–H groups in total. The normalized spacial score (nSPS) is 21.2. The van der Waals surface area contributed by atoms with Gasteiger partial charge in [-0.2, -0.15) is 26.3 Å². The van der Waals surface area contributed by atoms with E-state index in [9.17, 15) is 39.6 Å². The first kappa shape index (κ1) is 22.3. The molecule has 0 bridgehead atoms. The number of benzene rings is 1. The molecule has 0 aliphatic heterocycles. The summed E-state index contributed by atoms with van der Waals surface area (Å²) in [6.45, 7) is 0. The van der Waals surface area contributed by atoms with Crippen molar-refractivity contribution in [3.63, 3.8) is 0 Å². The van der Waals surface area contributed by atoms with Crippen LogP contribution in [0.2, 0.25) is 0 Å². The Balaban J connectivity index is 2.27. The quantitative estimate of drug-likeness (QED) is 0.719. The van der Waals surface area contributed by atoms with Crippen molar-refractivity contribution >= 4 is 21.4 Å². The predicted octanol–water partition coefficient (Wildman–Crippen LogP) is 4.30. The van der Waals surface area contributed by atoms with E-state index in [1.807, 2.05) is 0 Å². The van der Waals surface area contributed by atoms with Crippen molar-refractivity contribution < 1.29 is 44.3 Å². The molecule has 2 atom stereocenters. The number of sulfone groups is 1. The van der Waals surface area contributed by atoms with Crippen LogP contribution in [0.1, 0.15) is 25.7 Å². The summed E-state index contributed by atoms with van der Waals surface area (Å²) in [5.41, 5.74) is -5.92. The zero-order valence-electron chi connectivity index (χ0n) is 14.5. The van der Waals surface area contributed by atoms with Gasteiger partial charge in [-0.1, -0.05) is 6.42 Å². The van der Waals surface area contributed by atoms with Crippen LogP contribution in [0, 0.1) is 11.8 Å². The van der Waals surface area contributed by atoms with E-state index in [2.05, 4.69) is 5.32 Å². The van der Waals surface area contributed by atoms with Gasteiger partial charge in [0.1, 0.15) is 5.75 Å². The zero-order valence-corrected chi connectivity index (χ0v) is 15.3. The molecule has 1 aromatic rings. The summed E-state index contributed by atoms with van der Waals surface area (Å²) < 4.78 is 105. The minimum absolute atomic E-state index is 0.101. The second-order valence-electron chi connectivity index (χ2n) is 6.40. The Morgan fingerprint density at radius 3 is 2.32 bits per heavy atom. The molecule has 1 aliphatic carbocycles. The SMILES string of the molecule is COc1ccc(S(=O)(=O)C(F)(F)F)cc1NC(=O)C1CCCC(C(F)(F)F)C1. The van der Waals surface area contributed by atoms with E-state index in [0.717, 1.165) is 13.2 Å². The third kappa shape index (κ3) is 4.70. The van der Waals surface area contributed by atoms with Gasteiger partial charge >= 0.3 is 11.7 Å². The lowest BCUT2D eigenvalue weighted by atomic mass is 9.80. The van der Waals surface area contributed by atoms with Crippen molar-refractivity contribution in [1.29, 1.82) is 0 Å². The minimum Gasteiger partial charge on any atom is -0.495 e. The molecule has 0 saturated heterocycles. The first-order valence-electron chi connectivity index (χ1n) is 8.14. The van der Waals surface area contributed by atoms with E-state index in [1.165, 1.54) is 0 Å². The maximum atomic E-state index is 12.9. The molecule has 158 valence electrons. The van der Waals surface area contributed by atoms with Crippen molar-refractivity contribution in [2.45, 2.75) is 42.3 Å². The molecule has 1 saturated carbocycles. The van der Waals surface area contributed by atoms with Crippen molar-refractivity contribution in [3.8, 4) is 5.75 Å². The van der Waals surface area contributed by atoms with Crippen LogP contribution in [0.15, 0.2) is 23.1 Å². The first-order valence-corrected chi connectivity index (χ1v) is 9.62. The number of rotatable bonds is 4. The fraction of sp³-hybridized carbons (Fsp3) is 0.562. The number of methoxy groups -OCH3 is 1. The van der Waals surface area contributed by atoms with E-state index < -0.39 is 50.6 Å². The van der Waals surface area contributed by atoms with Crippen molar-refractivity contribution in [1.82, 2.24) is 0 Å². The summed E-state index contributed by atoms with van der Waals surface area (Å²) in [5, 5.41) is 2.20. The Labute approximate surface area is 157 Å². The maximum absolute atomic E-state index is 12.9. The Bertz CT molecular complexity index is 835. The number of carbonyl (C=O) groups is 1. The fourth-order valence-corrected chi connectivity index (χ4v) is 3.83. The van der Waals surface area contributed by atoms with Gasteiger partial charge in [-0.15, -0.1) is 0 Å². The minimum atomic E-state index is -5.67. The summed E-state index contributed by atoms with van der Waals surface area (Å²) in [6.07, 6.45) is -4.64. The highest BCUT2D eigenvalue weighted by atomic mass is 32.2. The molecular weight excluding hydrogens is 416 g/mol. The topological polar surface area (TPSA) is 72.5 Å². The number of nitrogens with one attached hydrogen (secondary N) is 1. The van der Waals surface area contributed by atoms with Crippen molar-refractivity contribution in [3.05, 3.63) is 18.2 Å². The number of hydrogen-bond acceptors (Lipinski definition) is 4. The zero-order chi connectivity index (χ0) is 21.3. The van der Waals surface area contributed by atoms with Crippen LogP contribution >= 0.6 is 0 Å². The number of amides is 1. The molecule has 1 amide bonds. The van der Waals surface area contributed by atoms with Gasteiger partial charge in [-0.05, 0) is 37.5 Å². The summed E-state index contributed by atoms with van der Waals surface area (Å²) in [4.78, 5) is 11.2. The molecule has 2 rings (SSSR count). The smallest absolute Gasteiger partial charge is 0.495 e. The number of carbonyl (C=O) groups excluding carboxylic acids is 1. The molecule has 0 heterocycles. The second-order valence-corrected chi connectivity index (χ2v) is 8.34. The van der Waals surface area contributed by atoms with Gasteiger partial charge in [-0.3, -0.25) is 4.79 Å². The molecule has 0 aromatic heterocycles. The highest BCUT2D eigenvalue weighted by Crippen LogP contribution is 2.41. The number of halogens is 6. The van der Waals surface area contributed by atoms with Gasteiger partial charge in [0.05, 0.1) is 23.6 Å². The molecular formula is C16H17F6NO4S. The summed E-state index contributed by atoms with van der Waals surface area (Å²) in [5.74, 6) is -3.62. The van der Waals surface area contributed by atoms with Crippen LogP contribution in [-0.2, 0) is 14.6 Å². The molecule has 0 spiro atoms. The number of alkyl halides is 6. The third-order valence-corrected chi connectivity index (χ3v) is 6.04. The molecule has 28 heavy (non-hydrogen) atoms. The number of ether oxygens (including phenoxy) is 1. The fourth-order valence-electron chi connectivity index (χ4n) is 3.05. The monoisotopic (exact) mass is 433 g/mol. The lowest BCUT2D eigenvalue weighted by Crippen LogP contribution is -2.34. The van der Waals surface area contributed by atoms with Crippen molar-refractivity contribution in [2.24, 2.45) is 11.8 Å². The molecule has 1 aliphatic rings. The van der Waals surface area contributed by atoms with Gasteiger partial charge in [0.25, 0.3) is 9.84 Å². The third-order valence-electron chi connectivity index (χ3n) is 4.55. The van der Waals surface area contributed by atoms with E-state index in [0.29, 0.717) is 12.1 Å². The highest BCUT2D eigenvalue weighted by Gasteiger charge is 2.47. The lowest BCUT2D eigenvalue weighted by Gasteiger charge is -2.29. The van der Waals surface area contributed by atoms with Crippen LogP contribution in [0.5, 0.6) is 5.75 Å². The average molecular weight is 433 g/mol. The Morgan fingerprint density at radius 1 is 1.14 bits per heavy atom. The van der Waals surface area contributed by atoms with Crippen LogP contribution < -0.4 is 10.1 Å². The number of anilines is 1. The lowest BCUT2D eigenvalue weighted by molar-refractivity contribution is -0.185. The Morgan fingerprint density at radius 2 is 1.79 bits per heavy atom. The van der Waals surface area contributed by atoms with Gasteiger partial charge in [0.15, 0.2) is 0 Å². The van der Waals surface area contributed by atoms with Crippen LogP contribution in [0.3, 0.4) is 0 Å². The van der Waals surface area contributed by atoms with E-state index >= 15 is 0 Å². The summed E-state index contributed by atoms with van der Waals surface area (Å²) in [6, 6.07) is 2.16. The Hall–Kier alpha value is -1.98. The molecule has 0 radical (unpaired) electrons. The first-order chi connectivity index (χ1) is 12.8. The maximum Gasteiger partial charge on any atom is 0.501 e.